The van der Waals surface area contributed by atoms with Crippen LogP contribution in [0.25, 0.3) is 28.0 Å². The Labute approximate surface area is 167 Å². The van der Waals surface area contributed by atoms with Crippen LogP contribution >= 0.6 is 0 Å². The zero-order chi connectivity index (χ0) is 21.0. The predicted molar refractivity (Wildman–Crippen MR) is 101 cm³/mol. The molecule has 0 saturated heterocycles. The molecular weight excluding hydrogens is 399 g/mol. The summed E-state index contributed by atoms with van der Waals surface area (Å²) in [5, 5.41) is 2.11. The van der Waals surface area contributed by atoms with Crippen molar-refractivity contribution in [3.63, 3.8) is 0 Å². The molecular formula is C20H16F3N5O2. The molecule has 3 aromatic heterocycles. The van der Waals surface area contributed by atoms with Crippen LogP contribution in [0.4, 0.5) is 13.2 Å². The van der Waals surface area contributed by atoms with E-state index in [0.717, 1.165) is 0 Å². The van der Waals surface area contributed by atoms with Gasteiger partial charge in [0.1, 0.15) is 17.9 Å². The Kier molecular flexibility index (Phi) is 4.05. The number of rotatable bonds is 4. The second-order valence-corrected chi connectivity index (χ2v) is 7.41. The molecule has 1 aliphatic rings. The number of aromatic nitrogens is 4. The van der Waals surface area contributed by atoms with E-state index < -0.39 is 24.0 Å². The minimum atomic E-state index is -4.51. The van der Waals surface area contributed by atoms with Crippen molar-refractivity contribution >= 4 is 22.7 Å². The molecule has 0 spiro atoms. The highest BCUT2D eigenvalue weighted by Gasteiger charge is 2.50. The predicted octanol–water partition coefficient (Wildman–Crippen LogP) is 3.92. The van der Waals surface area contributed by atoms with Crippen molar-refractivity contribution in [1.82, 2.24) is 24.7 Å². The van der Waals surface area contributed by atoms with Crippen LogP contribution < -0.4 is 5.32 Å². The molecule has 4 aromatic rings. The lowest BCUT2D eigenvalue weighted by Crippen LogP contribution is -2.47. The second-order valence-electron chi connectivity index (χ2n) is 7.41. The molecule has 0 radical (unpaired) electrons. The molecule has 10 heteroatoms. The standard InChI is InChI=1S/C20H16F3N5O2/c1-10-7-14(12-3-2-4-13-16(12)30-9-25-13)26-18-15(24-8-28(10)18)19(29)27-17(11-5-6-11)20(21,22)23/h2-4,7-9,11,17H,5-6H2,1H3,(H,27,29)/t17-/m0/s1. The van der Waals surface area contributed by atoms with Crippen molar-refractivity contribution in [2.24, 2.45) is 5.92 Å². The number of nitrogens with zero attached hydrogens (tertiary/aromatic N) is 4. The van der Waals surface area contributed by atoms with Crippen LogP contribution in [0, 0.1) is 12.8 Å². The maximum Gasteiger partial charge on any atom is 0.408 e. The van der Waals surface area contributed by atoms with Crippen LogP contribution in [0.2, 0.25) is 0 Å². The molecule has 1 amide bonds. The first-order valence-corrected chi connectivity index (χ1v) is 9.38. The number of carbonyl (C=O) groups excluding carboxylic acids is 1. The van der Waals surface area contributed by atoms with Crippen molar-refractivity contribution in [1.29, 1.82) is 0 Å². The topological polar surface area (TPSA) is 85.3 Å². The molecule has 1 atom stereocenters. The van der Waals surface area contributed by atoms with Crippen LogP contribution in [0.15, 0.2) is 41.4 Å². The van der Waals surface area contributed by atoms with Crippen molar-refractivity contribution in [3.05, 3.63) is 48.4 Å². The third-order valence-electron chi connectivity index (χ3n) is 5.27. The van der Waals surface area contributed by atoms with E-state index in [-0.39, 0.29) is 11.3 Å². The number of hydrogen-bond acceptors (Lipinski definition) is 5. The molecule has 1 aliphatic carbocycles. The summed E-state index contributed by atoms with van der Waals surface area (Å²) in [7, 11) is 0. The molecule has 1 N–H and O–H groups in total. The third kappa shape index (κ3) is 3.08. The SMILES string of the molecule is Cc1cc(-c2cccc3ncoc23)nc2c(C(=O)N[C@@H](C3CC3)C(F)(F)F)ncn12. The minimum Gasteiger partial charge on any atom is -0.443 e. The number of amides is 1. The Balaban J connectivity index is 1.57. The number of imidazole rings is 1. The Bertz CT molecular complexity index is 1270. The number of oxazole rings is 1. The number of aryl methyl sites for hydroxylation is 1. The van der Waals surface area contributed by atoms with Gasteiger partial charge in [0.05, 0.1) is 5.69 Å². The molecule has 154 valence electrons. The molecule has 0 aliphatic heterocycles. The third-order valence-corrected chi connectivity index (χ3v) is 5.27. The van der Waals surface area contributed by atoms with Gasteiger partial charge in [-0.25, -0.2) is 15.0 Å². The van der Waals surface area contributed by atoms with Crippen LogP contribution in [-0.4, -0.2) is 37.5 Å². The summed E-state index contributed by atoms with van der Waals surface area (Å²) in [4.78, 5) is 25.4. The molecule has 0 bridgehead atoms. The largest absolute Gasteiger partial charge is 0.443 e. The van der Waals surface area contributed by atoms with Gasteiger partial charge in [-0.3, -0.25) is 9.20 Å². The molecule has 1 aromatic carbocycles. The summed E-state index contributed by atoms with van der Waals surface area (Å²) in [6.45, 7) is 1.80. The fourth-order valence-electron chi connectivity index (χ4n) is 3.61. The second kappa shape index (κ2) is 6.54. The lowest BCUT2D eigenvalue weighted by atomic mass is 10.1. The van der Waals surface area contributed by atoms with E-state index >= 15 is 0 Å². The summed E-state index contributed by atoms with van der Waals surface area (Å²) in [6.07, 6.45) is -0.922. The molecule has 5 rings (SSSR count). The highest BCUT2D eigenvalue weighted by atomic mass is 19.4. The van der Waals surface area contributed by atoms with Gasteiger partial charge in [0.15, 0.2) is 23.3 Å². The molecule has 1 fully saturated rings. The first-order chi connectivity index (χ1) is 14.3. The normalized spacial score (nSPS) is 15.6. The summed E-state index contributed by atoms with van der Waals surface area (Å²) in [6, 6.07) is 5.30. The number of fused-ring (bicyclic) bond motifs is 2. The van der Waals surface area contributed by atoms with Gasteiger partial charge >= 0.3 is 6.18 Å². The maximum absolute atomic E-state index is 13.3. The first kappa shape index (κ1) is 18.6. The Morgan fingerprint density at radius 1 is 1.30 bits per heavy atom. The van der Waals surface area contributed by atoms with Gasteiger partial charge in [-0.1, -0.05) is 6.07 Å². The molecule has 0 unspecified atom stereocenters. The molecule has 1 saturated carbocycles. The zero-order valence-electron chi connectivity index (χ0n) is 15.8. The summed E-state index contributed by atoms with van der Waals surface area (Å²) < 4.78 is 47.0. The van der Waals surface area contributed by atoms with E-state index in [1.165, 1.54) is 12.7 Å². The van der Waals surface area contributed by atoms with E-state index in [4.69, 9.17) is 4.42 Å². The number of carbonyl (C=O) groups is 1. The van der Waals surface area contributed by atoms with E-state index in [9.17, 15) is 18.0 Å². The van der Waals surface area contributed by atoms with Gasteiger partial charge in [-0.15, -0.1) is 0 Å². The zero-order valence-corrected chi connectivity index (χ0v) is 15.8. The maximum atomic E-state index is 13.3. The minimum absolute atomic E-state index is 0.153. The average Bonchev–Trinajstić information content (AvgIpc) is 3.23. The fourth-order valence-corrected chi connectivity index (χ4v) is 3.61. The van der Waals surface area contributed by atoms with Crippen molar-refractivity contribution in [2.45, 2.75) is 32.0 Å². The van der Waals surface area contributed by atoms with Crippen LogP contribution in [0.5, 0.6) is 0 Å². The van der Waals surface area contributed by atoms with E-state index in [1.54, 1.807) is 35.6 Å². The number of nitrogens with one attached hydrogen (secondary N) is 1. The van der Waals surface area contributed by atoms with Crippen molar-refractivity contribution in [3.8, 4) is 11.3 Å². The number of benzene rings is 1. The van der Waals surface area contributed by atoms with E-state index in [0.29, 0.717) is 40.9 Å². The highest BCUT2D eigenvalue weighted by molar-refractivity contribution is 5.99. The fraction of sp³-hybridized carbons (Fsp3) is 0.300. The van der Waals surface area contributed by atoms with Gasteiger partial charge in [-0.2, -0.15) is 13.2 Å². The van der Waals surface area contributed by atoms with Crippen LogP contribution in [-0.2, 0) is 0 Å². The summed E-state index contributed by atoms with van der Waals surface area (Å²) in [5.74, 6) is -1.48. The Hall–Kier alpha value is -3.43. The number of alkyl halides is 3. The van der Waals surface area contributed by atoms with Crippen LogP contribution in [0.3, 0.4) is 0 Å². The molecule has 30 heavy (non-hydrogen) atoms. The van der Waals surface area contributed by atoms with Crippen LogP contribution in [0.1, 0.15) is 29.0 Å². The summed E-state index contributed by atoms with van der Waals surface area (Å²) >= 11 is 0. The number of hydrogen-bond donors (Lipinski definition) is 1. The number of halogens is 3. The van der Waals surface area contributed by atoms with E-state index in [2.05, 4.69) is 20.3 Å². The lowest BCUT2D eigenvalue weighted by Gasteiger charge is -2.20. The number of para-hydroxylation sites is 1. The smallest absolute Gasteiger partial charge is 0.408 e. The monoisotopic (exact) mass is 415 g/mol. The van der Waals surface area contributed by atoms with E-state index in [1.807, 2.05) is 0 Å². The quantitative estimate of drug-likeness (QED) is 0.546. The van der Waals surface area contributed by atoms with Gasteiger partial charge in [0.2, 0.25) is 0 Å². The Morgan fingerprint density at radius 3 is 2.83 bits per heavy atom. The van der Waals surface area contributed by atoms with Gasteiger partial charge < -0.3 is 9.73 Å². The van der Waals surface area contributed by atoms with Gasteiger partial charge in [0.25, 0.3) is 5.91 Å². The van der Waals surface area contributed by atoms with Crippen molar-refractivity contribution < 1.29 is 22.4 Å². The molecule has 3 heterocycles. The van der Waals surface area contributed by atoms with Gasteiger partial charge in [-0.05, 0) is 43.9 Å². The lowest BCUT2D eigenvalue weighted by molar-refractivity contribution is -0.158. The van der Waals surface area contributed by atoms with Crippen molar-refractivity contribution in [2.75, 3.05) is 0 Å². The Morgan fingerprint density at radius 2 is 2.10 bits per heavy atom. The highest BCUT2D eigenvalue weighted by Crippen LogP contribution is 2.40. The molecule has 7 nitrogen and oxygen atoms in total. The van der Waals surface area contributed by atoms with Gasteiger partial charge in [0, 0.05) is 11.3 Å². The summed E-state index contributed by atoms with van der Waals surface area (Å²) in [5.41, 5.74) is 3.09. The average molecular weight is 415 g/mol. The first-order valence-electron chi connectivity index (χ1n) is 9.38.